The van der Waals surface area contributed by atoms with Crippen molar-refractivity contribution in [3.63, 3.8) is 0 Å². The Morgan fingerprint density at radius 2 is 1.67 bits per heavy atom. The topological polar surface area (TPSA) is 46.5 Å². The van der Waals surface area contributed by atoms with Gasteiger partial charge in [0.05, 0.1) is 13.2 Å². The third kappa shape index (κ3) is 4.03. The molecule has 0 bridgehead atoms. The van der Waals surface area contributed by atoms with Crippen molar-refractivity contribution >= 4 is 5.78 Å². The highest BCUT2D eigenvalue weighted by molar-refractivity contribution is 5.86. The van der Waals surface area contributed by atoms with E-state index in [2.05, 4.69) is 66.7 Å². The first-order valence-electron chi connectivity index (χ1n) is 17.3. The molecule has 0 radical (unpaired) electrons. The second-order valence-electron chi connectivity index (χ2n) is 16.9. The normalized spacial score (nSPS) is 45.9. The summed E-state index contributed by atoms with van der Waals surface area (Å²) in [4.78, 5) is 14.6. The molecule has 42 heavy (non-hydrogen) atoms. The van der Waals surface area contributed by atoms with Crippen LogP contribution in [-0.2, 0) is 11.2 Å². The molecule has 1 N–H and O–H groups in total. The van der Waals surface area contributed by atoms with Crippen molar-refractivity contribution in [3.8, 4) is 5.75 Å². The van der Waals surface area contributed by atoms with Crippen LogP contribution in [-0.4, -0.2) is 24.1 Å². The van der Waals surface area contributed by atoms with Crippen LogP contribution in [0.3, 0.4) is 0 Å². The van der Waals surface area contributed by atoms with Crippen molar-refractivity contribution in [2.75, 3.05) is 7.11 Å². The van der Waals surface area contributed by atoms with Crippen LogP contribution in [0.15, 0.2) is 35.9 Å². The summed E-state index contributed by atoms with van der Waals surface area (Å²) in [5, 5.41) is 11.0. The van der Waals surface area contributed by atoms with Crippen LogP contribution in [0.5, 0.6) is 5.75 Å². The molecule has 6 rings (SSSR count). The van der Waals surface area contributed by atoms with Crippen molar-refractivity contribution in [2.45, 2.75) is 125 Å². The van der Waals surface area contributed by atoms with Gasteiger partial charge in [-0.2, -0.15) is 0 Å². The average Bonchev–Trinajstić information content (AvgIpc) is 2.96. The zero-order valence-electron chi connectivity index (χ0n) is 27.9. The van der Waals surface area contributed by atoms with Gasteiger partial charge in [0.2, 0.25) is 0 Å². The third-order valence-electron chi connectivity index (χ3n) is 15.3. The second-order valence-corrected chi connectivity index (χ2v) is 16.9. The van der Waals surface area contributed by atoms with Crippen LogP contribution in [0.2, 0.25) is 0 Å². The fourth-order valence-electron chi connectivity index (χ4n) is 12.4. The predicted molar refractivity (Wildman–Crippen MR) is 171 cm³/mol. The number of Topliss-reactive ketones (excluding diaryl/α,β-unsaturated/α-hetero) is 1. The molecule has 1 aromatic carbocycles. The lowest BCUT2D eigenvalue weighted by Crippen LogP contribution is -2.65. The molecule has 3 nitrogen and oxygen atoms in total. The molecule has 5 aliphatic rings. The van der Waals surface area contributed by atoms with Crippen LogP contribution < -0.4 is 4.74 Å². The highest BCUT2D eigenvalue weighted by Crippen LogP contribution is 2.75. The van der Waals surface area contributed by atoms with Gasteiger partial charge in [-0.05, 0) is 127 Å². The highest BCUT2D eigenvalue weighted by atomic mass is 16.5. The number of aliphatic hydroxyl groups excluding tert-OH is 1. The van der Waals surface area contributed by atoms with E-state index in [1.165, 1.54) is 19.3 Å². The molecule has 4 saturated carbocycles. The van der Waals surface area contributed by atoms with Gasteiger partial charge in [-0.15, -0.1) is 0 Å². The Hall–Kier alpha value is -1.61. The van der Waals surface area contributed by atoms with E-state index < -0.39 is 0 Å². The number of benzene rings is 1. The number of aliphatic hydroxyl groups is 1. The van der Waals surface area contributed by atoms with Gasteiger partial charge in [-0.3, -0.25) is 4.79 Å². The minimum Gasteiger partial charge on any atom is -0.496 e. The van der Waals surface area contributed by atoms with E-state index in [4.69, 9.17) is 4.74 Å². The largest absolute Gasteiger partial charge is 0.496 e. The Labute approximate surface area is 256 Å². The highest BCUT2D eigenvalue weighted by Gasteiger charge is 2.69. The summed E-state index contributed by atoms with van der Waals surface area (Å²) in [5.41, 5.74) is 3.18. The van der Waals surface area contributed by atoms with E-state index in [1.54, 1.807) is 12.7 Å². The maximum absolute atomic E-state index is 14.6. The molecule has 1 aromatic rings. The minimum atomic E-state index is -0.222. The zero-order chi connectivity index (χ0) is 30.3. The van der Waals surface area contributed by atoms with Gasteiger partial charge in [0.1, 0.15) is 11.5 Å². The lowest BCUT2D eigenvalue weighted by Gasteiger charge is -2.71. The Kier molecular flexibility index (Phi) is 7.40. The SMILES string of the molecule is COc1ccccc1CCC(=O)[C@]12CC[C@@H](C)[C@H](C)[C@H]1C1=CC[C@@H]3[C@@]4(C)CC[C@H](O)C(C)(C)[C@@H]4CC[C@@]3(C)[C@]1(C)CC2. The number of ketones is 1. The predicted octanol–water partition coefficient (Wildman–Crippen LogP) is 9.22. The monoisotopic (exact) mass is 574 g/mol. The molecule has 0 spiro atoms. The minimum absolute atomic E-state index is 0.0257. The first kappa shape index (κ1) is 30.4. The Balaban J connectivity index is 1.36. The maximum Gasteiger partial charge on any atom is 0.139 e. The molecule has 0 aromatic heterocycles. The van der Waals surface area contributed by atoms with Gasteiger partial charge in [0, 0.05) is 11.8 Å². The number of methoxy groups -OCH3 is 1. The number of para-hydroxylation sites is 1. The van der Waals surface area contributed by atoms with E-state index >= 15 is 0 Å². The quantitative estimate of drug-likeness (QED) is 0.357. The second kappa shape index (κ2) is 10.2. The smallest absolute Gasteiger partial charge is 0.139 e. The lowest BCUT2D eigenvalue weighted by molar-refractivity contribution is -0.204. The molecule has 3 heteroatoms. The maximum atomic E-state index is 14.6. The number of hydrogen-bond donors (Lipinski definition) is 1. The summed E-state index contributed by atoms with van der Waals surface area (Å²) in [6.45, 7) is 17.5. The summed E-state index contributed by atoms with van der Waals surface area (Å²) in [6.07, 6.45) is 13.9. The van der Waals surface area contributed by atoms with E-state index in [1.807, 2.05) is 12.1 Å². The van der Waals surface area contributed by atoms with Gasteiger partial charge >= 0.3 is 0 Å². The summed E-state index contributed by atoms with van der Waals surface area (Å²) >= 11 is 0. The number of rotatable bonds is 5. The molecule has 0 heterocycles. The van der Waals surface area contributed by atoms with E-state index in [0.29, 0.717) is 41.8 Å². The summed E-state index contributed by atoms with van der Waals surface area (Å²) in [6, 6.07) is 8.22. The number of carbonyl (C=O) groups is 1. The summed E-state index contributed by atoms with van der Waals surface area (Å²) < 4.78 is 5.63. The fourth-order valence-corrected chi connectivity index (χ4v) is 12.4. The number of aryl methyl sites for hydroxylation is 1. The van der Waals surface area contributed by atoms with Gasteiger partial charge < -0.3 is 9.84 Å². The van der Waals surface area contributed by atoms with Crippen molar-refractivity contribution in [3.05, 3.63) is 41.5 Å². The molecule has 232 valence electrons. The molecule has 5 aliphatic carbocycles. The summed E-state index contributed by atoms with van der Waals surface area (Å²) in [5.74, 6) is 4.14. The molecule has 10 atom stereocenters. The van der Waals surface area contributed by atoms with Gasteiger partial charge in [0.25, 0.3) is 0 Å². The molecule has 0 amide bonds. The number of fused-ring (bicyclic) bond motifs is 7. The molecule has 0 saturated heterocycles. The van der Waals surface area contributed by atoms with Gasteiger partial charge in [0.15, 0.2) is 0 Å². The van der Waals surface area contributed by atoms with Crippen LogP contribution in [0.4, 0.5) is 0 Å². The first-order valence-corrected chi connectivity index (χ1v) is 17.3. The molecule has 4 fully saturated rings. The zero-order valence-corrected chi connectivity index (χ0v) is 27.9. The van der Waals surface area contributed by atoms with Gasteiger partial charge in [-0.25, -0.2) is 0 Å². The molecule has 0 aliphatic heterocycles. The van der Waals surface area contributed by atoms with Crippen molar-refractivity contribution < 1.29 is 14.6 Å². The molecule has 0 unspecified atom stereocenters. The van der Waals surface area contributed by atoms with Crippen LogP contribution >= 0.6 is 0 Å². The number of hydrogen-bond acceptors (Lipinski definition) is 3. The molecular weight excluding hydrogens is 516 g/mol. The summed E-state index contributed by atoms with van der Waals surface area (Å²) in [7, 11) is 1.73. The lowest BCUT2D eigenvalue weighted by atomic mass is 9.33. The third-order valence-corrected chi connectivity index (χ3v) is 15.3. The number of allylic oxidation sites excluding steroid dienone is 2. The van der Waals surface area contributed by atoms with Crippen molar-refractivity contribution in [1.29, 1.82) is 0 Å². The van der Waals surface area contributed by atoms with Gasteiger partial charge in [-0.1, -0.05) is 78.3 Å². The standard InChI is InChI=1S/C39H58O3/c1-25-17-22-39(33(41)16-13-27-11-9-10-12-29(27)42-8)24-23-37(6)28(34(39)26(25)2)14-15-31-36(5)20-19-32(40)35(3,4)30(36)18-21-38(31,37)7/h9-12,14,25-26,30-32,34,40H,13,15-24H2,1-8H3/t25-,26+,30+,31-,32+,34+,36+,37-,38-,39-/m1/s1. The van der Waals surface area contributed by atoms with Crippen LogP contribution in [0.1, 0.15) is 118 Å². The van der Waals surface area contributed by atoms with E-state index in [-0.39, 0.29) is 33.2 Å². The van der Waals surface area contributed by atoms with Crippen molar-refractivity contribution in [1.82, 2.24) is 0 Å². The number of carbonyl (C=O) groups excluding carboxylic acids is 1. The average molecular weight is 575 g/mol. The Bertz CT molecular complexity index is 1250. The fraction of sp³-hybridized carbons (Fsp3) is 0.769. The van der Waals surface area contributed by atoms with Crippen LogP contribution in [0, 0.1) is 56.7 Å². The number of ether oxygens (including phenoxy) is 1. The Morgan fingerprint density at radius 3 is 2.40 bits per heavy atom. The Morgan fingerprint density at radius 1 is 0.929 bits per heavy atom. The molecular formula is C39H58O3. The van der Waals surface area contributed by atoms with E-state index in [0.717, 1.165) is 56.3 Å². The van der Waals surface area contributed by atoms with Crippen LogP contribution in [0.25, 0.3) is 0 Å². The van der Waals surface area contributed by atoms with E-state index in [9.17, 15) is 9.90 Å². The van der Waals surface area contributed by atoms with Crippen molar-refractivity contribution in [2.24, 2.45) is 56.7 Å². The first-order chi connectivity index (χ1) is 19.8.